The summed E-state index contributed by atoms with van der Waals surface area (Å²) in [6, 6.07) is 6.12. The number of hydrogen-bond acceptors (Lipinski definition) is 3. The van der Waals surface area contributed by atoms with E-state index in [0.29, 0.717) is 24.9 Å². The van der Waals surface area contributed by atoms with Gasteiger partial charge in [0.15, 0.2) is 0 Å². The molecule has 1 atom stereocenters. The average molecular weight is 302 g/mol. The number of likely N-dealkylation sites (N-methyl/N-ethyl adjacent to an activating group) is 1. The minimum atomic E-state index is -4.70. The minimum Gasteiger partial charge on any atom is -0.405 e. The van der Waals surface area contributed by atoms with Gasteiger partial charge in [0.1, 0.15) is 5.75 Å². The van der Waals surface area contributed by atoms with E-state index in [1.807, 2.05) is 0 Å². The highest BCUT2D eigenvalue weighted by atomic mass is 19.4. The van der Waals surface area contributed by atoms with Gasteiger partial charge in [-0.1, -0.05) is 18.2 Å². The number of likely N-dealkylation sites (tertiary alicyclic amines) is 1. The van der Waals surface area contributed by atoms with Crippen molar-refractivity contribution >= 4 is 5.91 Å². The van der Waals surface area contributed by atoms with Crippen LogP contribution in [0.4, 0.5) is 13.2 Å². The van der Waals surface area contributed by atoms with Crippen LogP contribution < -0.4 is 10.1 Å². The molecule has 1 aliphatic heterocycles. The summed E-state index contributed by atoms with van der Waals surface area (Å²) in [6.07, 6.45) is -3.56. The van der Waals surface area contributed by atoms with Crippen LogP contribution in [0.15, 0.2) is 24.3 Å². The molecule has 0 saturated carbocycles. The molecule has 0 radical (unpaired) electrons. The Morgan fingerprint density at radius 1 is 1.38 bits per heavy atom. The second kappa shape index (κ2) is 6.34. The van der Waals surface area contributed by atoms with E-state index in [9.17, 15) is 18.0 Å². The van der Waals surface area contributed by atoms with E-state index in [1.54, 1.807) is 24.1 Å². The van der Waals surface area contributed by atoms with Crippen molar-refractivity contribution in [2.45, 2.75) is 31.8 Å². The van der Waals surface area contributed by atoms with Crippen molar-refractivity contribution in [3.05, 3.63) is 29.8 Å². The van der Waals surface area contributed by atoms with Crippen LogP contribution >= 0.6 is 0 Å². The first kappa shape index (κ1) is 15.6. The Balaban J connectivity index is 1.95. The number of halogens is 3. The van der Waals surface area contributed by atoms with Gasteiger partial charge < -0.3 is 15.0 Å². The molecule has 116 valence electrons. The first-order valence-electron chi connectivity index (χ1n) is 6.66. The fourth-order valence-corrected chi connectivity index (χ4v) is 2.31. The minimum absolute atomic E-state index is 0.0756. The lowest BCUT2D eigenvalue weighted by Gasteiger charge is -2.30. The number of rotatable bonds is 4. The number of benzene rings is 1. The number of para-hydroxylation sites is 1. The maximum absolute atomic E-state index is 12.3. The molecule has 1 saturated heterocycles. The fraction of sp³-hybridized carbons (Fsp3) is 0.500. The van der Waals surface area contributed by atoms with Crippen LogP contribution in [0.3, 0.4) is 0 Å². The van der Waals surface area contributed by atoms with E-state index < -0.39 is 6.36 Å². The molecule has 1 aliphatic rings. The van der Waals surface area contributed by atoms with Gasteiger partial charge in [-0.05, 0) is 12.5 Å². The number of nitrogens with one attached hydrogen (secondary N) is 1. The number of amides is 1. The molecule has 1 unspecified atom stereocenters. The van der Waals surface area contributed by atoms with Crippen LogP contribution in [-0.2, 0) is 11.3 Å². The van der Waals surface area contributed by atoms with Crippen molar-refractivity contribution in [2.75, 3.05) is 13.6 Å². The highest BCUT2D eigenvalue weighted by Crippen LogP contribution is 2.26. The highest BCUT2D eigenvalue weighted by Gasteiger charge is 2.32. The molecule has 1 aromatic rings. The van der Waals surface area contributed by atoms with Gasteiger partial charge in [-0.25, -0.2) is 0 Å². The number of nitrogens with zero attached hydrogens (tertiary/aromatic N) is 1. The number of ether oxygens (including phenoxy) is 1. The normalized spacial score (nSPS) is 19.7. The summed E-state index contributed by atoms with van der Waals surface area (Å²) in [5.74, 6) is -0.105. The lowest BCUT2D eigenvalue weighted by molar-refractivity contribution is -0.274. The molecule has 1 heterocycles. The van der Waals surface area contributed by atoms with Crippen LogP contribution in [0.5, 0.6) is 5.75 Å². The molecule has 7 heteroatoms. The van der Waals surface area contributed by atoms with Crippen molar-refractivity contribution in [1.82, 2.24) is 10.2 Å². The van der Waals surface area contributed by atoms with Gasteiger partial charge in [-0.2, -0.15) is 0 Å². The Kier molecular flexibility index (Phi) is 4.72. The summed E-state index contributed by atoms with van der Waals surface area (Å²) in [6.45, 7) is 0.820. The summed E-state index contributed by atoms with van der Waals surface area (Å²) >= 11 is 0. The quantitative estimate of drug-likeness (QED) is 0.928. The largest absolute Gasteiger partial charge is 0.573 e. The molecule has 1 aromatic carbocycles. The van der Waals surface area contributed by atoms with Gasteiger partial charge >= 0.3 is 6.36 Å². The zero-order chi connectivity index (χ0) is 15.5. The molecule has 1 amide bonds. The molecule has 1 N–H and O–H groups in total. The van der Waals surface area contributed by atoms with Crippen molar-refractivity contribution in [2.24, 2.45) is 0 Å². The molecule has 0 aliphatic carbocycles. The number of piperidine rings is 1. The van der Waals surface area contributed by atoms with Gasteiger partial charge in [0.05, 0.1) is 0 Å². The summed E-state index contributed by atoms with van der Waals surface area (Å²) in [7, 11) is 1.72. The lowest BCUT2D eigenvalue weighted by atomic mass is 10.1. The van der Waals surface area contributed by atoms with Crippen LogP contribution in [0, 0.1) is 0 Å². The Bertz CT molecular complexity index is 505. The van der Waals surface area contributed by atoms with Gasteiger partial charge in [0.25, 0.3) is 0 Å². The monoisotopic (exact) mass is 302 g/mol. The Morgan fingerprint density at radius 3 is 2.76 bits per heavy atom. The topological polar surface area (TPSA) is 41.6 Å². The first-order valence-corrected chi connectivity index (χ1v) is 6.66. The Labute approximate surface area is 120 Å². The third-order valence-corrected chi connectivity index (χ3v) is 3.41. The van der Waals surface area contributed by atoms with Gasteiger partial charge in [-0.3, -0.25) is 4.79 Å². The van der Waals surface area contributed by atoms with E-state index in [2.05, 4.69) is 10.1 Å². The zero-order valence-electron chi connectivity index (χ0n) is 11.6. The predicted molar refractivity (Wildman–Crippen MR) is 70.6 cm³/mol. The maximum Gasteiger partial charge on any atom is 0.573 e. The zero-order valence-corrected chi connectivity index (χ0v) is 11.6. The molecule has 0 aromatic heterocycles. The fourth-order valence-electron chi connectivity index (χ4n) is 2.31. The number of hydrogen-bond donors (Lipinski definition) is 1. The lowest BCUT2D eigenvalue weighted by Crippen LogP contribution is -2.46. The summed E-state index contributed by atoms with van der Waals surface area (Å²) < 4.78 is 41.0. The average Bonchev–Trinajstić information content (AvgIpc) is 2.40. The van der Waals surface area contributed by atoms with Crippen LogP contribution in [-0.4, -0.2) is 36.8 Å². The molecule has 21 heavy (non-hydrogen) atoms. The van der Waals surface area contributed by atoms with E-state index in [1.165, 1.54) is 12.1 Å². The summed E-state index contributed by atoms with van der Waals surface area (Å²) in [4.78, 5) is 13.0. The first-order chi connectivity index (χ1) is 9.85. The Morgan fingerprint density at radius 2 is 2.10 bits per heavy atom. The SMILES string of the molecule is CN1CC(NCc2ccccc2OC(F)(F)F)CCC1=O. The smallest absolute Gasteiger partial charge is 0.405 e. The standard InChI is InChI=1S/C14H17F3N2O2/c1-19-9-11(6-7-13(19)20)18-8-10-4-2-3-5-12(10)21-14(15,16)17/h2-5,11,18H,6-9H2,1H3. The van der Waals surface area contributed by atoms with Crippen LogP contribution in [0.1, 0.15) is 18.4 Å². The van der Waals surface area contributed by atoms with E-state index in [4.69, 9.17) is 0 Å². The molecule has 0 spiro atoms. The van der Waals surface area contributed by atoms with E-state index in [0.717, 1.165) is 0 Å². The third-order valence-electron chi connectivity index (χ3n) is 3.41. The molecular formula is C14H17F3N2O2. The van der Waals surface area contributed by atoms with E-state index in [-0.39, 0.29) is 24.2 Å². The summed E-state index contributed by atoms with van der Waals surface area (Å²) in [5, 5.41) is 3.17. The molecule has 2 rings (SSSR count). The van der Waals surface area contributed by atoms with Crippen molar-refractivity contribution in [3.63, 3.8) is 0 Å². The van der Waals surface area contributed by atoms with Gasteiger partial charge in [-0.15, -0.1) is 13.2 Å². The molecule has 4 nitrogen and oxygen atoms in total. The van der Waals surface area contributed by atoms with Crippen molar-refractivity contribution in [1.29, 1.82) is 0 Å². The van der Waals surface area contributed by atoms with Crippen molar-refractivity contribution < 1.29 is 22.7 Å². The number of alkyl halides is 3. The Hall–Kier alpha value is -1.76. The van der Waals surface area contributed by atoms with Crippen molar-refractivity contribution in [3.8, 4) is 5.75 Å². The summed E-state index contributed by atoms with van der Waals surface area (Å²) in [5.41, 5.74) is 0.439. The van der Waals surface area contributed by atoms with Crippen LogP contribution in [0.25, 0.3) is 0 Å². The highest BCUT2D eigenvalue weighted by molar-refractivity contribution is 5.76. The number of carbonyl (C=O) groups excluding carboxylic acids is 1. The maximum atomic E-state index is 12.3. The van der Waals surface area contributed by atoms with Gasteiger partial charge in [0, 0.05) is 38.2 Å². The van der Waals surface area contributed by atoms with Crippen LogP contribution in [0.2, 0.25) is 0 Å². The third kappa shape index (κ3) is 4.63. The van der Waals surface area contributed by atoms with Gasteiger partial charge in [0.2, 0.25) is 5.91 Å². The second-order valence-corrected chi connectivity index (χ2v) is 5.05. The molecule has 0 bridgehead atoms. The van der Waals surface area contributed by atoms with E-state index >= 15 is 0 Å². The number of carbonyl (C=O) groups is 1. The molecular weight excluding hydrogens is 285 g/mol. The second-order valence-electron chi connectivity index (χ2n) is 5.05. The predicted octanol–water partition coefficient (Wildman–Crippen LogP) is 2.30. The molecule has 1 fully saturated rings.